The summed E-state index contributed by atoms with van der Waals surface area (Å²) in [6.07, 6.45) is 7.95. The number of carbonyl (C=O) groups excluding carboxylic acids is 6. The van der Waals surface area contributed by atoms with Crippen LogP contribution in [0.25, 0.3) is 0 Å². The summed E-state index contributed by atoms with van der Waals surface area (Å²) in [5.74, 6) is -3.36. The van der Waals surface area contributed by atoms with Gasteiger partial charge in [-0.3, -0.25) is 24.2 Å². The van der Waals surface area contributed by atoms with E-state index < -0.39 is 40.8 Å². The van der Waals surface area contributed by atoms with Crippen LogP contribution in [0.1, 0.15) is 97.3 Å². The molecule has 0 aromatic rings. The molecule has 14 heteroatoms. The molecule has 0 bridgehead atoms. The quantitative estimate of drug-likeness (QED) is 0.0987. The molecule has 2 fully saturated rings. The lowest BCUT2D eigenvalue weighted by atomic mass is 10.2. The van der Waals surface area contributed by atoms with E-state index in [2.05, 4.69) is 16.3 Å². The molecule has 0 saturated carbocycles. The highest BCUT2D eigenvalue weighted by molar-refractivity contribution is 7.96. The number of hydrogen-bond donors (Lipinski definition) is 0. The Morgan fingerprint density at radius 2 is 1.31 bits per heavy atom. The minimum atomic E-state index is -0.940. The molecule has 0 N–H and O–H groups in total. The van der Waals surface area contributed by atoms with Gasteiger partial charge >= 0.3 is 11.9 Å². The van der Waals surface area contributed by atoms with Crippen LogP contribution in [-0.2, 0) is 47.8 Å². The number of rotatable bonds is 15. The first-order valence-electron chi connectivity index (χ1n) is 12.0. The van der Waals surface area contributed by atoms with Gasteiger partial charge in [0, 0.05) is 37.7 Å². The summed E-state index contributed by atoms with van der Waals surface area (Å²) >= 11 is 0.413. The molecule has 0 spiro atoms. The predicted octanol–water partition coefficient (Wildman–Crippen LogP) is 1.98. The predicted molar refractivity (Wildman–Crippen MR) is 121 cm³/mol. The molecule has 0 aromatic carbocycles. The van der Waals surface area contributed by atoms with Gasteiger partial charge in [0.05, 0.1) is 6.42 Å². The van der Waals surface area contributed by atoms with Gasteiger partial charge in [-0.15, -0.1) is 10.1 Å². The zero-order valence-electron chi connectivity index (χ0n) is 20.6. The van der Waals surface area contributed by atoms with E-state index in [0.717, 1.165) is 44.9 Å². The van der Waals surface area contributed by atoms with Crippen molar-refractivity contribution in [3.63, 3.8) is 0 Å². The van der Waals surface area contributed by atoms with Gasteiger partial charge in [-0.1, -0.05) is 52.4 Å². The Hall–Kier alpha value is -2.55. The van der Waals surface area contributed by atoms with Crippen molar-refractivity contribution in [2.75, 3.05) is 0 Å². The second-order valence-corrected chi connectivity index (χ2v) is 8.98. The number of imide groups is 2. The van der Waals surface area contributed by atoms with Gasteiger partial charge < -0.3 is 14.9 Å². The molecule has 4 amide bonds. The molecule has 13 nitrogen and oxygen atoms in total. The molecule has 0 aliphatic carbocycles. The summed E-state index contributed by atoms with van der Waals surface area (Å²) in [4.78, 5) is 77.7. The third kappa shape index (κ3) is 11.5. The van der Waals surface area contributed by atoms with Crippen molar-refractivity contribution in [2.24, 2.45) is 0 Å². The molecule has 2 heterocycles. The SMILES string of the molecule is CCCCCCC(=O)ON1C(=O)CC(SOO[O-])C1=O.CCCCCCC(=O)ON1C(=O)CCC1=O. The van der Waals surface area contributed by atoms with Crippen LogP contribution in [0, 0.1) is 0 Å². The van der Waals surface area contributed by atoms with Crippen LogP contribution in [0.15, 0.2) is 0 Å². The minimum Gasteiger partial charge on any atom is -0.691 e. The van der Waals surface area contributed by atoms with Gasteiger partial charge in [0.1, 0.15) is 5.25 Å². The summed E-state index contributed by atoms with van der Waals surface area (Å²) in [6, 6.07) is 0. The lowest BCUT2D eigenvalue weighted by molar-refractivity contribution is -0.777. The van der Waals surface area contributed by atoms with Crippen molar-refractivity contribution in [3.8, 4) is 0 Å². The first-order chi connectivity index (χ1) is 17.2. The standard InChI is InChI=1S/C11H17NO7S.C11H17NO4/c1-2-3-4-5-6-10(14)17-12-9(13)7-8(11(12)15)20-19-18-16;1-2-3-4-5-6-11(15)16-12-9(13)7-8-10(12)14/h8,16H,2-7H2,1H3;2-8H2,1H3/p-1. The van der Waals surface area contributed by atoms with Crippen molar-refractivity contribution < 1.29 is 53.1 Å². The van der Waals surface area contributed by atoms with Crippen molar-refractivity contribution >= 4 is 47.6 Å². The highest BCUT2D eigenvalue weighted by atomic mass is 32.2. The monoisotopic (exact) mass is 533 g/mol. The molecule has 204 valence electrons. The highest BCUT2D eigenvalue weighted by Crippen LogP contribution is 2.26. The second kappa shape index (κ2) is 17.8. The van der Waals surface area contributed by atoms with Crippen molar-refractivity contribution in [1.82, 2.24) is 10.1 Å². The Morgan fingerprint density at radius 3 is 1.78 bits per heavy atom. The number of unbranched alkanes of at least 4 members (excludes halogenated alkanes) is 6. The molecule has 2 aliphatic rings. The zero-order chi connectivity index (χ0) is 26.9. The summed E-state index contributed by atoms with van der Waals surface area (Å²) < 4.78 is 4.00. The Balaban J connectivity index is 0.000000369. The maximum absolute atomic E-state index is 11.7. The van der Waals surface area contributed by atoms with Gasteiger partial charge in [0.25, 0.3) is 23.6 Å². The summed E-state index contributed by atoms with van der Waals surface area (Å²) in [5, 5.41) is 12.9. The Bertz CT molecular complexity index is 761. The molecule has 0 radical (unpaired) electrons. The average Bonchev–Trinajstić information content (AvgIpc) is 3.31. The van der Waals surface area contributed by atoms with E-state index in [1.54, 1.807) is 0 Å². The smallest absolute Gasteiger partial charge is 0.333 e. The van der Waals surface area contributed by atoms with E-state index in [9.17, 15) is 34.0 Å². The van der Waals surface area contributed by atoms with E-state index in [1.165, 1.54) is 0 Å². The zero-order valence-corrected chi connectivity index (χ0v) is 21.4. The maximum atomic E-state index is 11.7. The molecule has 1 atom stereocenters. The van der Waals surface area contributed by atoms with E-state index in [1.807, 2.05) is 6.92 Å². The molecular formula is C22H33N2O11S-. The number of hydrogen-bond acceptors (Lipinski definition) is 12. The number of nitrogens with zero attached hydrogens (tertiary/aromatic N) is 2. The van der Waals surface area contributed by atoms with E-state index in [0.29, 0.717) is 28.6 Å². The normalized spacial score (nSPS) is 17.4. The molecule has 1 unspecified atom stereocenters. The van der Waals surface area contributed by atoms with Gasteiger partial charge in [-0.2, -0.15) is 4.33 Å². The fourth-order valence-electron chi connectivity index (χ4n) is 3.16. The Labute approximate surface area is 213 Å². The topological polar surface area (TPSA) is 169 Å². The molecule has 0 aromatic heterocycles. The maximum Gasteiger partial charge on any atom is 0.333 e. The summed E-state index contributed by atoms with van der Waals surface area (Å²) in [6.45, 7) is 4.13. The van der Waals surface area contributed by atoms with Crippen LogP contribution in [0.4, 0.5) is 0 Å². The van der Waals surface area contributed by atoms with Crippen LogP contribution in [0.5, 0.6) is 0 Å². The first-order valence-corrected chi connectivity index (χ1v) is 12.8. The largest absolute Gasteiger partial charge is 0.691 e. The fraction of sp³-hybridized carbons (Fsp3) is 0.727. The van der Waals surface area contributed by atoms with E-state index in [-0.39, 0.29) is 32.1 Å². The average molecular weight is 534 g/mol. The number of amides is 4. The van der Waals surface area contributed by atoms with Crippen LogP contribution in [-0.4, -0.2) is 50.9 Å². The molecule has 2 rings (SSSR count). The first kappa shape index (κ1) is 31.5. The molecule has 2 aliphatic heterocycles. The van der Waals surface area contributed by atoms with Gasteiger partial charge in [0.15, 0.2) is 0 Å². The van der Waals surface area contributed by atoms with Gasteiger partial charge in [-0.05, 0) is 12.8 Å². The Morgan fingerprint density at radius 1 is 0.806 bits per heavy atom. The summed E-state index contributed by atoms with van der Waals surface area (Å²) in [7, 11) is 0. The van der Waals surface area contributed by atoms with Crippen molar-refractivity contribution in [2.45, 2.75) is 103 Å². The van der Waals surface area contributed by atoms with Crippen molar-refractivity contribution in [1.29, 1.82) is 0 Å². The number of carbonyl (C=O) groups is 6. The lowest BCUT2D eigenvalue weighted by Crippen LogP contribution is -2.34. The lowest BCUT2D eigenvalue weighted by Gasteiger charge is -2.13. The Kier molecular flexibility index (Phi) is 15.6. The van der Waals surface area contributed by atoms with Crippen LogP contribution in [0.3, 0.4) is 0 Å². The molecule has 36 heavy (non-hydrogen) atoms. The van der Waals surface area contributed by atoms with Gasteiger partial charge in [0.2, 0.25) is 0 Å². The third-order valence-electron chi connectivity index (χ3n) is 5.11. The van der Waals surface area contributed by atoms with Crippen LogP contribution >= 0.6 is 12.0 Å². The minimum absolute atomic E-state index is 0.141. The van der Waals surface area contributed by atoms with E-state index in [4.69, 9.17) is 9.68 Å². The second-order valence-electron chi connectivity index (χ2n) is 8.08. The van der Waals surface area contributed by atoms with Gasteiger partial charge in [-0.25, -0.2) is 9.59 Å². The van der Waals surface area contributed by atoms with E-state index >= 15 is 0 Å². The fourth-order valence-corrected chi connectivity index (χ4v) is 3.68. The van der Waals surface area contributed by atoms with Crippen molar-refractivity contribution in [3.05, 3.63) is 0 Å². The van der Waals surface area contributed by atoms with Crippen LogP contribution < -0.4 is 5.26 Å². The highest BCUT2D eigenvalue weighted by Gasteiger charge is 2.43. The number of hydroxylamine groups is 4. The van der Waals surface area contributed by atoms with Crippen LogP contribution in [0.2, 0.25) is 0 Å². The molecule has 2 saturated heterocycles. The molecular weight excluding hydrogens is 500 g/mol. The summed E-state index contributed by atoms with van der Waals surface area (Å²) in [5.41, 5.74) is 0. The third-order valence-corrected chi connectivity index (χ3v) is 5.84.